The zero-order valence-corrected chi connectivity index (χ0v) is 18.3. The number of thioether (sulfide) groups is 1. The SMILES string of the molecule is O=C(NCCSCc1ccccc1F)c1ccc(NS(=O)(=O)c2ccc(F)c(F)c2)cc1. The van der Waals surface area contributed by atoms with Crippen molar-refractivity contribution in [1.82, 2.24) is 5.32 Å². The minimum absolute atomic E-state index is 0.159. The number of halogens is 3. The van der Waals surface area contributed by atoms with E-state index in [1.165, 1.54) is 42.1 Å². The van der Waals surface area contributed by atoms with E-state index in [2.05, 4.69) is 10.0 Å². The summed E-state index contributed by atoms with van der Waals surface area (Å²) in [7, 11) is -4.12. The quantitative estimate of drug-likeness (QED) is 0.440. The van der Waals surface area contributed by atoms with Crippen LogP contribution in [0.1, 0.15) is 15.9 Å². The Hall–Kier alpha value is -2.98. The molecule has 0 aliphatic rings. The van der Waals surface area contributed by atoms with E-state index in [0.29, 0.717) is 35.2 Å². The second kappa shape index (κ2) is 10.6. The highest BCUT2D eigenvalue weighted by Gasteiger charge is 2.17. The normalized spacial score (nSPS) is 11.2. The lowest BCUT2D eigenvalue weighted by Crippen LogP contribution is -2.25. The molecule has 1 amide bonds. The van der Waals surface area contributed by atoms with E-state index in [-0.39, 0.29) is 17.4 Å². The average molecular weight is 481 g/mol. The van der Waals surface area contributed by atoms with Gasteiger partial charge in [-0.25, -0.2) is 21.6 Å². The Labute approximate surface area is 188 Å². The first-order valence-corrected chi connectivity index (χ1v) is 12.1. The highest BCUT2D eigenvalue weighted by molar-refractivity contribution is 7.98. The molecule has 0 aliphatic heterocycles. The van der Waals surface area contributed by atoms with Crippen molar-refractivity contribution in [3.05, 3.63) is 95.3 Å². The maximum Gasteiger partial charge on any atom is 0.261 e. The molecule has 3 aromatic carbocycles. The lowest BCUT2D eigenvalue weighted by atomic mass is 10.2. The summed E-state index contributed by atoms with van der Waals surface area (Å²) >= 11 is 1.48. The van der Waals surface area contributed by atoms with Crippen LogP contribution >= 0.6 is 11.8 Å². The fourth-order valence-electron chi connectivity index (χ4n) is 2.68. The van der Waals surface area contributed by atoms with Crippen molar-refractivity contribution in [2.75, 3.05) is 17.0 Å². The van der Waals surface area contributed by atoms with Gasteiger partial charge in [0, 0.05) is 29.3 Å². The van der Waals surface area contributed by atoms with E-state index in [9.17, 15) is 26.4 Å². The standard InChI is InChI=1S/C22H19F3N2O3S2/c23-19-4-2-1-3-16(19)14-31-12-11-26-22(28)15-5-7-17(8-6-15)27-32(29,30)18-9-10-20(24)21(25)13-18/h1-10,13,27H,11-12,14H2,(H,26,28). The summed E-state index contributed by atoms with van der Waals surface area (Å²) in [6.07, 6.45) is 0. The van der Waals surface area contributed by atoms with Crippen molar-refractivity contribution in [2.45, 2.75) is 10.6 Å². The molecule has 5 nitrogen and oxygen atoms in total. The van der Waals surface area contributed by atoms with Gasteiger partial charge >= 0.3 is 0 Å². The Morgan fingerprint density at radius 2 is 1.59 bits per heavy atom. The molecule has 0 aromatic heterocycles. The van der Waals surface area contributed by atoms with Crippen LogP contribution in [0.4, 0.5) is 18.9 Å². The third-order valence-corrected chi connectivity index (χ3v) is 6.73. The summed E-state index contributed by atoms with van der Waals surface area (Å²) in [4.78, 5) is 11.8. The van der Waals surface area contributed by atoms with Gasteiger partial charge in [-0.05, 0) is 54.1 Å². The van der Waals surface area contributed by atoms with Gasteiger partial charge in [0.2, 0.25) is 0 Å². The van der Waals surface area contributed by atoms with Gasteiger partial charge in [0.1, 0.15) is 5.82 Å². The number of benzene rings is 3. The largest absolute Gasteiger partial charge is 0.351 e. The summed E-state index contributed by atoms with van der Waals surface area (Å²) in [6.45, 7) is 0.377. The van der Waals surface area contributed by atoms with E-state index < -0.39 is 26.6 Å². The molecule has 2 N–H and O–H groups in total. The zero-order valence-electron chi connectivity index (χ0n) is 16.6. The Morgan fingerprint density at radius 3 is 2.28 bits per heavy atom. The molecule has 168 valence electrons. The fraction of sp³-hybridized carbons (Fsp3) is 0.136. The number of anilines is 1. The monoisotopic (exact) mass is 480 g/mol. The first-order chi connectivity index (χ1) is 15.3. The summed E-state index contributed by atoms with van der Waals surface area (Å²) in [6, 6.07) is 14.4. The number of hydrogen-bond donors (Lipinski definition) is 2. The van der Waals surface area contributed by atoms with Gasteiger partial charge in [-0.1, -0.05) is 18.2 Å². The first-order valence-electron chi connectivity index (χ1n) is 9.43. The molecule has 0 bridgehead atoms. The van der Waals surface area contributed by atoms with Crippen LogP contribution < -0.4 is 10.0 Å². The fourth-order valence-corrected chi connectivity index (χ4v) is 4.60. The molecular weight excluding hydrogens is 461 g/mol. The lowest BCUT2D eigenvalue weighted by Gasteiger charge is -2.10. The summed E-state index contributed by atoms with van der Waals surface area (Å²) in [5.74, 6) is -1.94. The predicted octanol–water partition coefficient (Wildman–Crippen LogP) is 4.57. The van der Waals surface area contributed by atoms with E-state index in [4.69, 9.17) is 0 Å². The molecule has 0 heterocycles. The smallest absolute Gasteiger partial charge is 0.261 e. The maximum atomic E-state index is 13.6. The number of nitrogens with one attached hydrogen (secondary N) is 2. The molecular formula is C22H19F3N2O3S2. The number of carbonyl (C=O) groups excluding carboxylic acids is 1. The second-order valence-corrected chi connectivity index (χ2v) is 9.45. The Balaban J connectivity index is 1.49. The summed E-state index contributed by atoms with van der Waals surface area (Å²) < 4.78 is 66.7. The molecule has 0 fully saturated rings. The van der Waals surface area contributed by atoms with Crippen molar-refractivity contribution >= 4 is 33.4 Å². The number of rotatable bonds is 9. The van der Waals surface area contributed by atoms with Crippen LogP contribution in [0.2, 0.25) is 0 Å². The molecule has 0 aliphatic carbocycles. The van der Waals surface area contributed by atoms with Gasteiger partial charge in [0.25, 0.3) is 15.9 Å². The number of carbonyl (C=O) groups is 1. The van der Waals surface area contributed by atoms with E-state index in [0.717, 1.165) is 12.1 Å². The molecule has 0 atom stereocenters. The van der Waals surface area contributed by atoms with Crippen molar-refractivity contribution in [2.24, 2.45) is 0 Å². The summed E-state index contributed by atoms with van der Waals surface area (Å²) in [5.41, 5.74) is 1.08. The van der Waals surface area contributed by atoms with Crippen molar-refractivity contribution in [3.8, 4) is 0 Å². The number of hydrogen-bond acceptors (Lipinski definition) is 4. The van der Waals surface area contributed by atoms with Crippen LogP contribution in [-0.2, 0) is 15.8 Å². The van der Waals surface area contributed by atoms with E-state index >= 15 is 0 Å². The average Bonchev–Trinajstić information content (AvgIpc) is 2.76. The van der Waals surface area contributed by atoms with Gasteiger partial charge in [-0.15, -0.1) is 0 Å². The van der Waals surface area contributed by atoms with Crippen LogP contribution in [0, 0.1) is 17.5 Å². The second-order valence-electron chi connectivity index (χ2n) is 6.66. The maximum absolute atomic E-state index is 13.6. The molecule has 0 saturated heterocycles. The highest BCUT2D eigenvalue weighted by Crippen LogP contribution is 2.19. The zero-order chi connectivity index (χ0) is 23.1. The van der Waals surface area contributed by atoms with Gasteiger partial charge in [0.15, 0.2) is 11.6 Å². The number of amides is 1. The Morgan fingerprint density at radius 1 is 0.875 bits per heavy atom. The molecule has 3 aromatic rings. The summed E-state index contributed by atoms with van der Waals surface area (Å²) in [5, 5.41) is 2.74. The molecule has 0 saturated carbocycles. The molecule has 10 heteroatoms. The molecule has 0 radical (unpaired) electrons. The van der Waals surface area contributed by atoms with Crippen molar-refractivity contribution in [3.63, 3.8) is 0 Å². The molecule has 3 rings (SSSR count). The predicted molar refractivity (Wildman–Crippen MR) is 119 cm³/mol. The molecule has 32 heavy (non-hydrogen) atoms. The van der Waals surface area contributed by atoms with Gasteiger partial charge in [0.05, 0.1) is 4.90 Å². The van der Waals surface area contributed by atoms with Crippen LogP contribution in [0.3, 0.4) is 0 Å². The van der Waals surface area contributed by atoms with Gasteiger partial charge in [-0.2, -0.15) is 11.8 Å². The van der Waals surface area contributed by atoms with Crippen LogP contribution in [0.5, 0.6) is 0 Å². The minimum Gasteiger partial charge on any atom is -0.351 e. The van der Waals surface area contributed by atoms with E-state index in [1.807, 2.05) is 0 Å². The lowest BCUT2D eigenvalue weighted by molar-refractivity contribution is 0.0956. The third kappa shape index (κ3) is 6.27. The molecule has 0 spiro atoms. The third-order valence-electron chi connectivity index (χ3n) is 4.35. The van der Waals surface area contributed by atoms with Gasteiger partial charge < -0.3 is 5.32 Å². The van der Waals surface area contributed by atoms with Crippen LogP contribution in [0.15, 0.2) is 71.6 Å². The highest BCUT2D eigenvalue weighted by atomic mass is 32.2. The minimum atomic E-state index is -4.12. The topological polar surface area (TPSA) is 75.3 Å². The Kier molecular flexibility index (Phi) is 7.81. The molecule has 0 unspecified atom stereocenters. The van der Waals surface area contributed by atoms with Crippen molar-refractivity contribution < 1.29 is 26.4 Å². The van der Waals surface area contributed by atoms with Crippen LogP contribution in [-0.4, -0.2) is 26.6 Å². The van der Waals surface area contributed by atoms with Gasteiger partial charge in [-0.3, -0.25) is 9.52 Å². The van der Waals surface area contributed by atoms with E-state index in [1.54, 1.807) is 18.2 Å². The first kappa shape index (κ1) is 23.7. The Bertz CT molecular complexity index is 1200. The van der Waals surface area contributed by atoms with Crippen LogP contribution in [0.25, 0.3) is 0 Å². The van der Waals surface area contributed by atoms with Crippen molar-refractivity contribution in [1.29, 1.82) is 0 Å². The number of sulfonamides is 1.